The Labute approximate surface area is 108 Å². The summed E-state index contributed by atoms with van der Waals surface area (Å²) < 4.78 is 10.1. The summed E-state index contributed by atoms with van der Waals surface area (Å²) >= 11 is 1.28. The van der Waals surface area contributed by atoms with Crippen molar-refractivity contribution in [2.45, 2.75) is 6.10 Å². The molecule has 1 aromatic heterocycles. The Kier molecular flexibility index (Phi) is 3.83. The van der Waals surface area contributed by atoms with Crippen molar-refractivity contribution < 1.29 is 24.2 Å². The van der Waals surface area contributed by atoms with Gasteiger partial charge in [0.1, 0.15) is 5.75 Å². The molecule has 1 aromatic rings. The minimum atomic E-state index is -1.05. The van der Waals surface area contributed by atoms with Gasteiger partial charge in [-0.1, -0.05) is 0 Å². The van der Waals surface area contributed by atoms with Crippen LogP contribution in [-0.2, 0) is 9.53 Å². The number of amides is 1. The van der Waals surface area contributed by atoms with Crippen LogP contribution in [0, 0.1) is 0 Å². The second-order valence-electron chi connectivity index (χ2n) is 3.80. The molecule has 0 aliphatic carbocycles. The number of carbonyl (C=O) groups is 2. The van der Waals surface area contributed by atoms with Gasteiger partial charge in [0.25, 0.3) is 5.91 Å². The number of nitrogens with zero attached hydrogens (tertiary/aromatic N) is 1. The standard InChI is InChI=1S/C11H13NO5S/c1-16-7-4-9(18-6-7)10(13)12-2-3-17-8(5-12)11(14)15/h4,6,8H,2-3,5H2,1H3,(H,14,15)/t8-/m1/s1. The number of thiophene rings is 1. The van der Waals surface area contributed by atoms with Crippen molar-refractivity contribution in [3.63, 3.8) is 0 Å². The van der Waals surface area contributed by atoms with Gasteiger partial charge in [-0.2, -0.15) is 0 Å². The molecule has 1 fully saturated rings. The summed E-state index contributed by atoms with van der Waals surface area (Å²) in [5.41, 5.74) is 0. The molecule has 1 aliphatic heterocycles. The maximum atomic E-state index is 12.1. The Bertz CT molecular complexity index is 458. The van der Waals surface area contributed by atoms with Crippen LogP contribution in [0.15, 0.2) is 11.4 Å². The SMILES string of the molecule is COc1csc(C(=O)N2CCO[C@@H](C(=O)O)C2)c1. The molecule has 1 N–H and O–H groups in total. The zero-order valence-electron chi connectivity index (χ0n) is 9.79. The molecule has 7 heteroatoms. The first-order valence-corrected chi connectivity index (χ1v) is 6.26. The third kappa shape index (κ3) is 2.62. The van der Waals surface area contributed by atoms with E-state index in [0.717, 1.165) is 0 Å². The van der Waals surface area contributed by atoms with Gasteiger partial charge in [0, 0.05) is 18.0 Å². The fourth-order valence-electron chi connectivity index (χ4n) is 1.68. The third-order valence-corrected chi connectivity index (χ3v) is 3.55. The summed E-state index contributed by atoms with van der Waals surface area (Å²) in [7, 11) is 1.53. The van der Waals surface area contributed by atoms with Gasteiger partial charge in [-0.25, -0.2) is 4.79 Å². The van der Waals surface area contributed by atoms with Gasteiger partial charge in [-0.3, -0.25) is 4.79 Å². The number of carboxylic acid groups (broad SMARTS) is 1. The molecule has 2 rings (SSSR count). The molecule has 1 aliphatic rings. The molecule has 0 radical (unpaired) electrons. The molecule has 18 heavy (non-hydrogen) atoms. The van der Waals surface area contributed by atoms with Crippen LogP contribution < -0.4 is 4.74 Å². The average molecular weight is 271 g/mol. The molecule has 1 saturated heterocycles. The van der Waals surface area contributed by atoms with E-state index < -0.39 is 12.1 Å². The molecule has 98 valence electrons. The van der Waals surface area contributed by atoms with E-state index in [1.165, 1.54) is 23.3 Å². The van der Waals surface area contributed by atoms with Gasteiger partial charge in [-0.05, 0) is 0 Å². The Morgan fingerprint density at radius 1 is 1.61 bits per heavy atom. The number of morpholine rings is 1. The predicted molar refractivity (Wildman–Crippen MR) is 64.2 cm³/mol. The molecule has 1 amide bonds. The van der Waals surface area contributed by atoms with Crippen LogP contribution in [0.3, 0.4) is 0 Å². The summed E-state index contributed by atoms with van der Waals surface area (Å²) in [6.07, 6.45) is -0.940. The molecule has 0 bridgehead atoms. The number of carbonyl (C=O) groups excluding carboxylic acids is 1. The lowest BCUT2D eigenvalue weighted by atomic mass is 10.2. The first-order valence-electron chi connectivity index (χ1n) is 5.38. The topological polar surface area (TPSA) is 76.1 Å². The molecular formula is C11H13NO5S. The van der Waals surface area contributed by atoms with Gasteiger partial charge in [0.15, 0.2) is 6.10 Å². The molecule has 0 spiro atoms. The van der Waals surface area contributed by atoms with E-state index in [2.05, 4.69) is 0 Å². The number of methoxy groups -OCH3 is 1. The molecule has 0 unspecified atom stereocenters. The Morgan fingerprint density at radius 3 is 3.00 bits per heavy atom. The van der Waals surface area contributed by atoms with E-state index in [0.29, 0.717) is 17.2 Å². The van der Waals surface area contributed by atoms with E-state index in [1.54, 1.807) is 11.4 Å². The average Bonchev–Trinajstić information content (AvgIpc) is 2.86. The monoisotopic (exact) mass is 271 g/mol. The zero-order valence-corrected chi connectivity index (χ0v) is 10.6. The van der Waals surface area contributed by atoms with Crippen LogP contribution in [0.25, 0.3) is 0 Å². The summed E-state index contributed by atoms with van der Waals surface area (Å²) in [5, 5.41) is 10.6. The maximum Gasteiger partial charge on any atom is 0.334 e. The van der Waals surface area contributed by atoms with E-state index in [4.69, 9.17) is 14.6 Å². The lowest BCUT2D eigenvalue weighted by Gasteiger charge is -2.30. The van der Waals surface area contributed by atoms with Crippen molar-refractivity contribution >= 4 is 23.2 Å². The molecule has 0 saturated carbocycles. The molecule has 1 atom stereocenters. The minimum Gasteiger partial charge on any atom is -0.496 e. The number of rotatable bonds is 3. The molecule has 0 aromatic carbocycles. The van der Waals surface area contributed by atoms with Crippen LogP contribution in [0.4, 0.5) is 0 Å². The largest absolute Gasteiger partial charge is 0.496 e. The van der Waals surface area contributed by atoms with E-state index >= 15 is 0 Å². The lowest BCUT2D eigenvalue weighted by molar-refractivity contribution is -0.154. The van der Waals surface area contributed by atoms with Crippen LogP contribution in [0.1, 0.15) is 9.67 Å². The maximum absolute atomic E-state index is 12.1. The van der Waals surface area contributed by atoms with Crippen molar-refractivity contribution in [2.75, 3.05) is 26.8 Å². The van der Waals surface area contributed by atoms with Gasteiger partial charge in [0.2, 0.25) is 0 Å². The third-order valence-electron chi connectivity index (χ3n) is 2.65. The summed E-state index contributed by atoms with van der Waals surface area (Å²) in [4.78, 5) is 25.0. The van der Waals surface area contributed by atoms with Crippen LogP contribution in [-0.4, -0.2) is 54.8 Å². The van der Waals surface area contributed by atoms with Gasteiger partial charge >= 0.3 is 5.97 Å². The molecule has 2 heterocycles. The fourth-order valence-corrected chi connectivity index (χ4v) is 2.50. The highest BCUT2D eigenvalue weighted by atomic mass is 32.1. The van der Waals surface area contributed by atoms with Crippen LogP contribution in [0.5, 0.6) is 5.75 Å². The highest BCUT2D eigenvalue weighted by Crippen LogP contribution is 2.23. The number of hydrogen-bond donors (Lipinski definition) is 1. The first kappa shape index (κ1) is 12.8. The normalized spacial score (nSPS) is 19.6. The van der Waals surface area contributed by atoms with Gasteiger partial charge < -0.3 is 19.5 Å². The smallest absolute Gasteiger partial charge is 0.334 e. The van der Waals surface area contributed by atoms with E-state index in [9.17, 15) is 9.59 Å². The quantitative estimate of drug-likeness (QED) is 0.875. The van der Waals surface area contributed by atoms with Crippen LogP contribution >= 0.6 is 11.3 Å². The number of hydrogen-bond acceptors (Lipinski definition) is 5. The van der Waals surface area contributed by atoms with Crippen molar-refractivity contribution in [1.29, 1.82) is 0 Å². The summed E-state index contributed by atoms with van der Waals surface area (Å²) in [5.74, 6) is -0.597. The number of carboxylic acids is 1. The molecular weight excluding hydrogens is 258 g/mol. The number of aliphatic carboxylic acids is 1. The highest BCUT2D eigenvalue weighted by Gasteiger charge is 2.30. The Morgan fingerprint density at radius 2 is 2.39 bits per heavy atom. The van der Waals surface area contributed by atoms with E-state index in [1.807, 2.05) is 0 Å². The molecule has 6 nitrogen and oxygen atoms in total. The van der Waals surface area contributed by atoms with Crippen molar-refractivity contribution in [3.05, 3.63) is 16.3 Å². The Balaban J connectivity index is 2.06. The predicted octanol–water partition coefficient (Wildman–Crippen LogP) is 0.682. The summed E-state index contributed by atoms with van der Waals surface area (Å²) in [6, 6.07) is 1.65. The Hall–Kier alpha value is -1.60. The van der Waals surface area contributed by atoms with Crippen LogP contribution in [0.2, 0.25) is 0 Å². The minimum absolute atomic E-state index is 0.0778. The summed E-state index contributed by atoms with van der Waals surface area (Å²) in [6.45, 7) is 0.725. The first-order chi connectivity index (χ1) is 8.61. The van der Waals surface area contributed by atoms with Crippen molar-refractivity contribution in [1.82, 2.24) is 4.90 Å². The fraction of sp³-hybridized carbons (Fsp3) is 0.455. The highest BCUT2D eigenvalue weighted by molar-refractivity contribution is 7.12. The van der Waals surface area contributed by atoms with Gasteiger partial charge in [0.05, 0.1) is 25.1 Å². The number of ether oxygens (including phenoxy) is 2. The lowest BCUT2D eigenvalue weighted by Crippen LogP contribution is -2.48. The van der Waals surface area contributed by atoms with Crippen molar-refractivity contribution in [3.8, 4) is 5.75 Å². The zero-order chi connectivity index (χ0) is 13.1. The second-order valence-corrected chi connectivity index (χ2v) is 4.71. The second kappa shape index (κ2) is 5.36. The van der Waals surface area contributed by atoms with E-state index in [-0.39, 0.29) is 19.1 Å². The van der Waals surface area contributed by atoms with Gasteiger partial charge in [-0.15, -0.1) is 11.3 Å². The van der Waals surface area contributed by atoms with Crippen molar-refractivity contribution in [2.24, 2.45) is 0 Å².